The van der Waals surface area contributed by atoms with Crippen molar-refractivity contribution in [2.45, 2.75) is 48.0 Å². The highest BCUT2D eigenvalue weighted by Gasteiger charge is 1.90. The van der Waals surface area contributed by atoms with Gasteiger partial charge in [-0.05, 0) is 32.5 Å². The van der Waals surface area contributed by atoms with Gasteiger partial charge in [-0.1, -0.05) is 39.3 Å². The predicted octanol–water partition coefficient (Wildman–Crippen LogP) is 4.72. The SMILES string of the molecule is C/C=C(\C=C(/C)C#N)CCP.CC.CC. The van der Waals surface area contributed by atoms with Gasteiger partial charge in [0, 0.05) is 5.57 Å². The van der Waals surface area contributed by atoms with Crippen LogP contribution in [0, 0.1) is 11.3 Å². The van der Waals surface area contributed by atoms with Gasteiger partial charge in [0.15, 0.2) is 0 Å². The van der Waals surface area contributed by atoms with Crippen LogP contribution in [-0.2, 0) is 0 Å². The van der Waals surface area contributed by atoms with Crippen LogP contribution >= 0.6 is 9.24 Å². The lowest BCUT2D eigenvalue weighted by Crippen LogP contribution is -1.80. The first-order chi connectivity index (χ1) is 7.24. The van der Waals surface area contributed by atoms with Gasteiger partial charge >= 0.3 is 0 Å². The number of hydrogen-bond donors (Lipinski definition) is 0. The normalized spacial score (nSPS) is 10.3. The molecule has 0 heterocycles. The molecule has 0 fully saturated rings. The smallest absolute Gasteiger partial charge is 0.0944 e. The summed E-state index contributed by atoms with van der Waals surface area (Å²) in [7, 11) is 2.68. The van der Waals surface area contributed by atoms with Gasteiger partial charge in [0.1, 0.15) is 0 Å². The second kappa shape index (κ2) is 19.0. The fourth-order valence-corrected chi connectivity index (χ4v) is 1.11. The Balaban J connectivity index is -0.000000318. The Morgan fingerprint density at radius 2 is 1.73 bits per heavy atom. The molecule has 0 saturated heterocycles. The van der Waals surface area contributed by atoms with Gasteiger partial charge in [0.25, 0.3) is 0 Å². The van der Waals surface area contributed by atoms with E-state index < -0.39 is 0 Å². The van der Waals surface area contributed by atoms with Gasteiger partial charge in [-0.3, -0.25) is 0 Å². The Morgan fingerprint density at radius 1 is 1.27 bits per heavy atom. The van der Waals surface area contributed by atoms with Crippen molar-refractivity contribution >= 4 is 9.24 Å². The van der Waals surface area contributed by atoms with Gasteiger partial charge in [-0.15, -0.1) is 9.24 Å². The third-order valence-corrected chi connectivity index (χ3v) is 1.67. The van der Waals surface area contributed by atoms with Crippen molar-refractivity contribution in [3.8, 4) is 6.07 Å². The molecule has 88 valence electrons. The van der Waals surface area contributed by atoms with Crippen LogP contribution < -0.4 is 0 Å². The Labute approximate surface area is 98.5 Å². The van der Waals surface area contributed by atoms with Crippen LogP contribution in [0.1, 0.15) is 48.0 Å². The first-order valence-corrected chi connectivity index (χ1v) is 6.50. The van der Waals surface area contributed by atoms with Crippen LogP contribution in [-0.4, -0.2) is 6.16 Å². The molecule has 0 aliphatic heterocycles. The van der Waals surface area contributed by atoms with E-state index >= 15 is 0 Å². The summed E-state index contributed by atoms with van der Waals surface area (Å²) in [5.74, 6) is 0. The molecule has 1 nitrogen and oxygen atoms in total. The van der Waals surface area contributed by atoms with Gasteiger partial charge in [0.05, 0.1) is 6.07 Å². The quantitative estimate of drug-likeness (QED) is 0.389. The highest BCUT2D eigenvalue weighted by atomic mass is 31.0. The van der Waals surface area contributed by atoms with Crippen LogP contribution in [0.2, 0.25) is 0 Å². The van der Waals surface area contributed by atoms with Crippen molar-refractivity contribution in [1.29, 1.82) is 5.26 Å². The summed E-state index contributed by atoms with van der Waals surface area (Å²) in [5, 5.41) is 8.50. The van der Waals surface area contributed by atoms with Crippen molar-refractivity contribution in [1.82, 2.24) is 0 Å². The van der Waals surface area contributed by atoms with Gasteiger partial charge in [0.2, 0.25) is 0 Å². The standard InChI is InChI=1S/C9H14NP.2C2H6/c1-3-9(4-5-11)6-8(2)7-10;2*1-2/h3,6H,4-5,11H2,1-2H3;2*1-2H3/b8-6+,9-3-;;. The molecule has 0 N–H and O–H groups in total. The summed E-state index contributed by atoms with van der Waals surface area (Å²) >= 11 is 0. The van der Waals surface area contributed by atoms with E-state index in [0.717, 1.165) is 18.2 Å². The molecular formula is C13H26NP. The fourth-order valence-electron chi connectivity index (χ4n) is 0.777. The van der Waals surface area contributed by atoms with Crippen LogP contribution in [0.5, 0.6) is 0 Å². The lowest BCUT2D eigenvalue weighted by atomic mass is 10.1. The lowest BCUT2D eigenvalue weighted by molar-refractivity contribution is 1.15. The molecule has 0 rings (SSSR count). The predicted molar refractivity (Wildman–Crippen MR) is 75.0 cm³/mol. The van der Waals surface area contributed by atoms with Crippen LogP contribution in [0.15, 0.2) is 23.3 Å². The molecule has 0 aliphatic carbocycles. The Hall–Kier alpha value is -0.600. The molecule has 1 atom stereocenters. The van der Waals surface area contributed by atoms with E-state index in [2.05, 4.69) is 15.3 Å². The average molecular weight is 227 g/mol. The van der Waals surface area contributed by atoms with E-state index in [9.17, 15) is 0 Å². The molecule has 0 aromatic rings. The van der Waals surface area contributed by atoms with Gasteiger partial charge < -0.3 is 0 Å². The second-order valence-electron chi connectivity index (χ2n) is 2.34. The molecule has 0 aromatic heterocycles. The number of nitrogens with zero attached hydrogens (tertiary/aromatic N) is 1. The molecular weight excluding hydrogens is 201 g/mol. The molecule has 1 unspecified atom stereocenters. The first kappa shape index (κ1) is 19.9. The minimum Gasteiger partial charge on any atom is -0.193 e. The monoisotopic (exact) mass is 227 g/mol. The summed E-state index contributed by atoms with van der Waals surface area (Å²) in [4.78, 5) is 0. The molecule has 0 saturated carbocycles. The summed E-state index contributed by atoms with van der Waals surface area (Å²) in [5.41, 5.74) is 2.01. The molecule has 15 heavy (non-hydrogen) atoms. The first-order valence-electron chi connectivity index (χ1n) is 5.68. The third kappa shape index (κ3) is 16.1. The van der Waals surface area contributed by atoms with E-state index in [1.807, 2.05) is 53.7 Å². The van der Waals surface area contributed by atoms with Gasteiger partial charge in [-0.2, -0.15) is 5.26 Å². The van der Waals surface area contributed by atoms with E-state index in [-0.39, 0.29) is 0 Å². The van der Waals surface area contributed by atoms with Gasteiger partial charge in [-0.25, -0.2) is 0 Å². The molecule has 0 radical (unpaired) electrons. The van der Waals surface area contributed by atoms with Crippen molar-refractivity contribution < 1.29 is 0 Å². The van der Waals surface area contributed by atoms with Crippen molar-refractivity contribution in [3.05, 3.63) is 23.3 Å². The van der Waals surface area contributed by atoms with Crippen LogP contribution in [0.3, 0.4) is 0 Å². The summed E-state index contributed by atoms with van der Waals surface area (Å²) in [6, 6.07) is 2.10. The highest BCUT2D eigenvalue weighted by molar-refractivity contribution is 7.16. The van der Waals surface area contributed by atoms with Crippen LogP contribution in [0.4, 0.5) is 0 Å². The van der Waals surface area contributed by atoms with E-state index in [4.69, 9.17) is 5.26 Å². The maximum atomic E-state index is 8.50. The number of hydrogen-bond acceptors (Lipinski definition) is 1. The minimum absolute atomic E-state index is 0.775. The molecule has 0 spiro atoms. The Kier molecular flexibility index (Phi) is 25.3. The zero-order valence-corrected chi connectivity index (χ0v) is 12.2. The topological polar surface area (TPSA) is 23.8 Å². The lowest BCUT2D eigenvalue weighted by Gasteiger charge is -1.96. The average Bonchev–Trinajstić information content (AvgIpc) is 2.33. The number of rotatable bonds is 3. The Bertz CT molecular complexity index is 209. The highest BCUT2D eigenvalue weighted by Crippen LogP contribution is 2.08. The summed E-state index contributed by atoms with van der Waals surface area (Å²) < 4.78 is 0. The maximum Gasteiger partial charge on any atom is 0.0944 e. The molecule has 0 amide bonds. The van der Waals surface area contributed by atoms with Crippen molar-refractivity contribution in [2.75, 3.05) is 6.16 Å². The zero-order valence-electron chi connectivity index (χ0n) is 11.1. The maximum absolute atomic E-state index is 8.50. The second-order valence-corrected chi connectivity index (χ2v) is 2.92. The molecule has 0 aliphatic rings. The molecule has 0 aromatic carbocycles. The number of nitriles is 1. The largest absolute Gasteiger partial charge is 0.193 e. The third-order valence-electron chi connectivity index (χ3n) is 1.38. The number of allylic oxidation sites excluding steroid dienone is 4. The van der Waals surface area contributed by atoms with Crippen molar-refractivity contribution in [3.63, 3.8) is 0 Å². The fraction of sp³-hybridized carbons (Fsp3) is 0.615. The van der Waals surface area contributed by atoms with E-state index in [0.29, 0.717) is 0 Å². The van der Waals surface area contributed by atoms with E-state index in [1.54, 1.807) is 0 Å². The van der Waals surface area contributed by atoms with E-state index in [1.165, 1.54) is 5.57 Å². The summed E-state index contributed by atoms with van der Waals surface area (Å²) in [6.45, 7) is 11.8. The van der Waals surface area contributed by atoms with Crippen molar-refractivity contribution in [2.24, 2.45) is 0 Å². The van der Waals surface area contributed by atoms with Crippen LogP contribution in [0.25, 0.3) is 0 Å². The zero-order chi connectivity index (χ0) is 12.7. The minimum atomic E-state index is 0.775. The Morgan fingerprint density at radius 3 is 2.00 bits per heavy atom. The molecule has 0 bridgehead atoms. The molecule has 2 heteroatoms. The summed E-state index contributed by atoms with van der Waals surface area (Å²) in [6.07, 6.45) is 6.06.